The molecule has 0 saturated carbocycles. The number of aromatic amines is 1. The Morgan fingerprint density at radius 3 is 2.53 bits per heavy atom. The number of rotatable bonds is 10. The monoisotopic (exact) mass is 707 g/mol. The van der Waals surface area contributed by atoms with E-state index in [4.69, 9.17) is 0 Å². The van der Waals surface area contributed by atoms with Gasteiger partial charge in [-0.2, -0.15) is 14.9 Å². The first-order valence-corrected chi connectivity index (χ1v) is 17.3. The van der Waals surface area contributed by atoms with E-state index in [0.29, 0.717) is 52.2 Å². The van der Waals surface area contributed by atoms with E-state index < -0.39 is 0 Å². The number of aromatic nitrogens is 11. The van der Waals surface area contributed by atoms with Gasteiger partial charge in [-0.15, -0.1) is 5.10 Å². The second-order valence-electron chi connectivity index (χ2n) is 13.7. The zero-order chi connectivity index (χ0) is 36.8. The lowest BCUT2D eigenvalue weighted by Crippen LogP contribution is -2.39. The van der Waals surface area contributed by atoms with Gasteiger partial charge in [-0.3, -0.25) is 9.59 Å². The first-order chi connectivity index (χ1) is 25.6. The summed E-state index contributed by atoms with van der Waals surface area (Å²) in [5, 5.41) is 24.6. The van der Waals surface area contributed by atoms with Crippen molar-refractivity contribution in [3.63, 3.8) is 0 Å². The topological polar surface area (TPSA) is 178 Å². The minimum absolute atomic E-state index is 0.216. The minimum atomic E-state index is -0.294. The van der Waals surface area contributed by atoms with Crippen molar-refractivity contribution >= 4 is 45.2 Å². The number of anilines is 1. The summed E-state index contributed by atoms with van der Waals surface area (Å²) in [6.07, 6.45) is 5.68. The molecule has 0 aliphatic heterocycles. The third-order valence-corrected chi connectivity index (χ3v) is 9.05. The summed E-state index contributed by atoms with van der Waals surface area (Å²) in [7, 11) is 0. The van der Waals surface area contributed by atoms with Crippen molar-refractivity contribution in [3.8, 4) is 17.2 Å². The van der Waals surface area contributed by atoms with E-state index in [0.717, 1.165) is 45.5 Å². The van der Waals surface area contributed by atoms with Gasteiger partial charge in [-0.05, 0) is 69.5 Å². The average molecular weight is 708 g/mol. The zero-order valence-corrected chi connectivity index (χ0v) is 29.9. The molecule has 266 valence electrons. The second-order valence-corrected chi connectivity index (χ2v) is 13.7. The summed E-state index contributed by atoms with van der Waals surface area (Å²) in [5.41, 5.74) is 8.27. The number of para-hydroxylation sites is 2. The molecule has 2 aromatic carbocycles. The van der Waals surface area contributed by atoms with Crippen molar-refractivity contribution in [2.45, 2.75) is 53.6 Å². The molecule has 2 amide bonds. The predicted octanol–water partition coefficient (Wildman–Crippen LogP) is 5.62. The molecule has 8 aromatic rings. The summed E-state index contributed by atoms with van der Waals surface area (Å²) in [6.45, 7) is 10.4. The molecule has 0 aliphatic carbocycles. The number of nitrogens with zero attached hydrogens (tertiary/aromatic N) is 10. The highest BCUT2D eigenvalue weighted by atomic mass is 16.2. The summed E-state index contributed by atoms with van der Waals surface area (Å²) >= 11 is 0. The van der Waals surface area contributed by atoms with Crippen LogP contribution in [-0.2, 0) is 6.54 Å². The molecular formula is C38H37N13O2. The van der Waals surface area contributed by atoms with Crippen molar-refractivity contribution in [1.82, 2.24) is 59.6 Å². The molecule has 3 N–H and O–H groups in total. The molecule has 0 aliphatic rings. The second kappa shape index (κ2) is 13.4. The van der Waals surface area contributed by atoms with Gasteiger partial charge in [0.25, 0.3) is 11.8 Å². The summed E-state index contributed by atoms with van der Waals surface area (Å²) in [4.78, 5) is 43.8. The fourth-order valence-corrected chi connectivity index (χ4v) is 6.57. The lowest BCUT2D eigenvalue weighted by atomic mass is 10.0. The molecule has 0 saturated heterocycles. The van der Waals surface area contributed by atoms with Crippen molar-refractivity contribution < 1.29 is 9.59 Å². The predicted molar refractivity (Wildman–Crippen MR) is 200 cm³/mol. The zero-order valence-electron chi connectivity index (χ0n) is 29.9. The van der Waals surface area contributed by atoms with Crippen molar-refractivity contribution in [2.24, 2.45) is 5.92 Å². The molecule has 8 rings (SSSR count). The number of carbonyl (C=O) groups is 2. The third-order valence-electron chi connectivity index (χ3n) is 9.05. The molecule has 6 aromatic heterocycles. The van der Waals surface area contributed by atoms with Crippen molar-refractivity contribution in [2.75, 3.05) is 5.32 Å². The van der Waals surface area contributed by atoms with Crippen LogP contribution in [0.2, 0.25) is 0 Å². The lowest BCUT2D eigenvalue weighted by Gasteiger charge is -2.20. The van der Waals surface area contributed by atoms with E-state index in [9.17, 15) is 9.59 Å². The largest absolute Gasteiger partial charge is 0.347 e. The van der Waals surface area contributed by atoms with Crippen molar-refractivity contribution in [1.29, 1.82) is 0 Å². The molecule has 0 spiro atoms. The molecule has 15 nitrogen and oxygen atoms in total. The molecular weight excluding hydrogens is 671 g/mol. The quantitative estimate of drug-likeness (QED) is 0.163. The van der Waals surface area contributed by atoms with E-state index in [1.807, 2.05) is 87.6 Å². The van der Waals surface area contributed by atoms with Crippen LogP contribution in [0.4, 0.5) is 5.69 Å². The molecule has 0 fully saturated rings. The third kappa shape index (κ3) is 6.59. The molecule has 0 radical (unpaired) electrons. The SMILES string of the molecule is Cc1cc(C)n2ncc(C(=O)Nc3ccc(-c4cn(C[C@H](CC(C)C)NC(=O)c5cnc6c(c5)c(C)nn6-c5nc6ccccc6[nH]5)nn4)cc3)c2n1. The number of carbonyl (C=O) groups excluding carboxylic acids is 2. The number of hydrogen-bond donors (Lipinski definition) is 3. The number of amides is 2. The number of benzene rings is 2. The van der Waals surface area contributed by atoms with Gasteiger partial charge in [0.05, 0.1) is 41.2 Å². The van der Waals surface area contributed by atoms with E-state index in [1.165, 1.54) is 6.20 Å². The number of nitrogens with one attached hydrogen (secondary N) is 3. The first kappa shape index (κ1) is 33.4. The maximum Gasteiger partial charge on any atom is 0.261 e. The summed E-state index contributed by atoms with van der Waals surface area (Å²) < 4.78 is 5.06. The van der Waals surface area contributed by atoms with Gasteiger partial charge in [-0.1, -0.05) is 43.3 Å². The Labute approximate surface area is 303 Å². The van der Waals surface area contributed by atoms with Crippen LogP contribution >= 0.6 is 0 Å². The Morgan fingerprint density at radius 2 is 1.74 bits per heavy atom. The van der Waals surface area contributed by atoms with Gasteiger partial charge in [0.15, 0.2) is 11.3 Å². The Kier molecular flexibility index (Phi) is 8.45. The van der Waals surface area contributed by atoms with E-state index in [1.54, 1.807) is 20.1 Å². The Morgan fingerprint density at radius 1 is 0.925 bits per heavy atom. The molecule has 15 heteroatoms. The van der Waals surface area contributed by atoms with Gasteiger partial charge >= 0.3 is 0 Å². The number of H-pyrrole nitrogens is 1. The lowest BCUT2D eigenvalue weighted by molar-refractivity contribution is 0.0925. The van der Waals surface area contributed by atoms with E-state index in [-0.39, 0.29) is 17.9 Å². The Bertz CT molecular complexity index is 2610. The number of imidazole rings is 1. The normalized spacial score (nSPS) is 12.3. The van der Waals surface area contributed by atoms with Crippen LogP contribution in [0.3, 0.4) is 0 Å². The highest BCUT2D eigenvalue weighted by Gasteiger charge is 2.21. The van der Waals surface area contributed by atoms with Crippen LogP contribution in [0, 0.1) is 26.7 Å². The van der Waals surface area contributed by atoms with Gasteiger partial charge in [-0.25, -0.2) is 24.1 Å². The number of aryl methyl sites for hydroxylation is 3. The van der Waals surface area contributed by atoms with Gasteiger partial charge in [0, 0.05) is 40.3 Å². The van der Waals surface area contributed by atoms with Crippen LogP contribution in [0.1, 0.15) is 58.1 Å². The van der Waals surface area contributed by atoms with Crippen LogP contribution < -0.4 is 10.6 Å². The number of pyridine rings is 1. The highest BCUT2D eigenvalue weighted by molar-refractivity contribution is 6.08. The highest BCUT2D eigenvalue weighted by Crippen LogP contribution is 2.23. The standard InChI is InChI=1S/C38H37N13O2/c1-21(2)14-28(43-36(52)26-16-29-24(5)47-51(34(29)39-17-26)38-44-31-8-6-7-9-32(31)45-38)19-49-20-33(46-48-49)25-10-12-27(13-11-25)42-37(53)30-18-40-50-23(4)15-22(3)41-35(30)50/h6-13,15-18,20-21,28H,14,19H2,1-5H3,(H,42,53)(H,43,52)(H,44,45)/t28-/m0/s1. The summed E-state index contributed by atoms with van der Waals surface area (Å²) in [6, 6.07) is 18.7. The smallest absolute Gasteiger partial charge is 0.261 e. The first-order valence-electron chi connectivity index (χ1n) is 17.3. The molecule has 0 bridgehead atoms. The maximum absolute atomic E-state index is 13.6. The van der Waals surface area contributed by atoms with Gasteiger partial charge in [0.2, 0.25) is 5.95 Å². The molecule has 1 atom stereocenters. The maximum atomic E-state index is 13.6. The number of fused-ring (bicyclic) bond motifs is 3. The molecule has 6 heterocycles. The fraction of sp³-hybridized carbons (Fsp3) is 0.237. The Balaban J connectivity index is 0.945. The average Bonchev–Trinajstić information content (AvgIpc) is 3.93. The van der Waals surface area contributed by atoms with Crippen molar-refractivity contribution in [3.05, 3.63) is 107 Å². The minimum Gasteiger partial charge on any atom is -0.347 e. The van der Waals surface area contributed by atoms with Crippen LogP contribution in [0.15, 0.2) is 79.3 Å². The van der Waals surface area contributed by atoms with Gasteiger partial charge in [0.1, 0.15) is 11.3 Å². The van der Waals surface area contributed by atoms with E-state index in [2.05, 4.69) is 64.9 Å². The Hall–Kier alpha value is -6.77. The molecule has 0 unspecified atom stereocenters. The summed E-state index contributed by atoms with van der Waals surface area (Å²) in [5.74, 6) is 0.353. The fourth-order valence-electron chi connectivity index (χ4n) is 6.57. The van der Waals surface area contributed by atoms with Gasteiger partial charge < -0.3 is 15.6 Å². The van der Waals surface area contributed by atoms with Crippen LogP contribution in [0.5, 0.6) is 0 Å². The van der Waals surface area contributed by atoms with E-state index >= 15 is 0 Å². The number of hydrogen-bond acceptors (Lipinski definition) is 9. The molecule has 53 heavy (non-hydrogen) atoms. The van der Waals surface area contributed by atoms with Crippen LogP contribution in [-0.4, -0.2) is 72.2 Å². The van der Waals surface area contributed by atoms with Crippen LogP contribution in [0.25, 0.3) is 44.9 Å².